The summed E-state index contributed by atoms with van der Waals surface area (Å²) in [4.78, 5) is 12.5. The lowest BCUT2D eigenvalue weighted by molar-refractivity contribution is 0.234. The molecule has 0 saturated heterocycles. The molecule has 5 aromatic rings. The topological polar surface area (TPSA) is 155 Å². The van der Waals surface area contributed by atoms with Gasteiger partial charge in [0.1, 0.15) is 23.0 Å². The monoisotopic (exact) mass is 1330 g/mol. The van der Waals surface area contributed by atoms with Crippen molar-refractivity contribution in [1.82, 2.24) is 15.0 Å². The van der Waals surface area contributed by atoms with E-state index in [1.165, 1.54) is 154 Å². The van der Waals surface area contributed by atoms with Crippen molar-refractivity contribution in [3.05, 3.63) is 94.0 Å². The van der Waals surface area contributed by atoms with Crippen molar-refractivity contribution in [2.75, 3.05) is 57.7 Å². The molecule has 5 rings (SSSR count). The molecule has 0 bridgehead atoms. The third kappa shape index (κ3) is 34.1. The molecule has 538 valence electrons. The average molecular weight is 1340 g/mol. The van der Waals surface area contributed by atoms with E-state index in [0.29, 0.717) is 52.1 Å². The van der Waals surface area contributed by atoms with Gasteiger partial charge in [-0.3, -0.25) is 0 Å². The van der Waals surface area contributed by atoms with Crippen molar-refractivity contribution in [1.29, 1.82) is 0 Å². The molecule has 1 heterocycles. The van der Waals surface area contributed by atoms with E-state index in [-0.39, 0.29) is 11.9 Å². The normalized spacial score (nSPS) is 11.6. The lowest BCUT2D eigenvalue weighted by atomic mass is 10.0. The van der Waals surface area contributed by atoms with Crippen LogP contribution >= 0.6 is 0 Å². The molecule has 0 amide bonds. The second kappa shape index (κ2) is 52.4. The fourth-order valence-electron chi connectivity index (χ4n) is 11.7. The Hall–Kier alpha value is -6.69. The number of hydrogen-bond acceptors (Lipinski definition) is 12. The van der Waals surface area contributed by atoms with Gasteiger partial charge in [-0.1, -0.05) is 308 Å². The molecule has 4 aromatic carbocycles. The summed E-state index contributed by atoms with van der Waals surface area (Å²) in [6.45, 7) is 19.9. The molecule has 1 aromatic heterocycles. The fourth-order valence-corrected chi connectivity index (χ4v) is 11.7. The van der Waals surface area contributed by atoms with E-state index in [2.05, 4.69) is 136 Å². The van der Waals surface area contributed by atoms with Crippen LogP contribution in [0.15, 0.2) is 60.7 Å². The highest BCUT2D eigenvalue weighted by Crippen LogP contribution is 2.42. The summed E-state index contributed by atoms with van der Waals surface area (Å²) in [7, 11) is 0. The molecule has 0 aliphatic carbocycles. The molecule has 0 spiro atoms. The number of aromatic nitrogens is 3. The molecule has 4 N–H and O–H groups in total. The van der Waals surface area contributed by atoms with Crippen LogP contribution in [0.4, 0.5) is 11.9 Å². The Labute approximate surface area is 589 Å². The maximum atomic E-state index is 6.85. The molecular weight excluding hydrogens is 1200 g/mol. The maximum absolute atomic E-state index is 6.85. The van der Waals surface area contributed by atoms with E-state index < -0.39 is 0 Å². The van der Waals surface area contributed by atoms with Gasteiger partial charge in [-0.15, -0.1) is 0 Å². The predicted octanol–water partition coefficient (Wildman–Crippen LogP) is 24.8. The minimum Gasteiger partial charge on any atom is -0.493 e. The van der Waals surface area contributed by atoms with Gasteiger partial charge in [-0.2, -0.15) is 15.0 Å². The van der Waals surface area contributed by atoms with Crippen molar-refractivity contribution in [2.24, 2.45) is 0 Å². The zero-order valence-corrected chi connectivity index (χ0v) is 61.9. The Bertz CT molecular complexity index is 2870. The Kier molecular flexibility index (Phi) is 43.7. The average Bonchev–Trinajstić information content (AvgIpc) is 0.854. The number of nitrogens with two attached hydrogens (primary N) is 2. The molecule has 12 nitrogen and oxygen atoms in total. The highest BCUT2D eigenvalue weighted by Gasteiger charge is 2.18. The minimum atomic E-state index is 0.0853. The molecule has 0 unspecified atom stereocenters. The molecule has 0 saturated carbocycles. The van der Waals surface area contributed by atoms with Crippen LogP contribution in [0.25, 0.3) is 47.8 Å². The number of ether oxygens (including phenoxy) is 7. The molecule has 0 atom stereocenters. The number of unbranched alkanes of at least 4 members (excludes halogenated alkanes) is 31. The highest BCUT2D eigenvalue weighted by atomic mass is 16.5. The smallest absolute Gasteiger partial charge is 0.225 e. The summed E-state index contributed by atoms with van der Waals surface area (Å²) < 4.78 is 47.3. The SMILES string of the molecule is CCCCCCCCCCCCOc1cc(/C=C/c2cc(OCCCC)c(/C=C/c3cc(OCCCC)c(/C=C/c4ccc(-c5nc(N)nc(N)n5)cc4)cc3OCCCC)cc2OCCCC)cc(OCCCCCCCCCCCC)c1OCCCCCCCCCCCC. The van der Waals surface area contributed by atoms with Gasteiger partial charge in [0.15, 0.2) is 17.3 Å². The Morgan fingerprint density at radius 1 is 0.258 bits per heavy atom. The quantitative estimate of drug-likeness (QED) is 0.0281. The van der Waals surface area contributed by atoms with E-state index in [0.717, 1.165) is 169 Å². The predicted molar refractivity (Wildman–Crippen MR) is 414 cm³/mol. The zero-order chi connectivity index (χ0) is 69.0. The van der Waals surface area contributed by atoms with Crippen molar-refractivity contribution in [3.63, 3.8) is 0 Å². The minimum absolute atomic E-state index is 0.0853. The van der Waals surface area contributed by atoms with Crippen LogP contribution in [0, 0.1) is 0 Å². The number of nitrogens with zero attached hydrogens (tertiary/aromatic N) is 3. The van der Waals surface area contributed by atoms with Gasteiger partial charge in [0, 0.05) is 27.8 Å². The Morgan fingerprint density at radius 2 is 0.515 bits per heavy atom. The van der Waals surface area contributed by atoms with Crippen LogP contribution < -0.4 is 44.6 Å². The Balaban J connectivity index is 1.51. The Morgan fingerprint density at radius 3 is 0.835 bits per heavy atom. The first-order chi connectivity index (χ1) is 47.7. The number of benzene rings is 4. The maximum Gasteiger partial charge on any atom is 0.225 e. The highest BCUT2D eigenvalue weighted by molar-refractivity contribution is 5.83. The summed E-state index contributed by atoms with van der Waals surface area (Å²) in [6, 6.07) is 20.8. The van der Waals surface area contributed by atoms with E-state index >= 15 is 0 Å². The summed E-state index contributed by atoms with van der Waals surface area (Å²) in [5.41, 5.74) is 18.2. The van der Waals surface area contributed by atoms with Gasteiger partial charge in [-0.05, 0) is 92.5 Å². The first kappa shape index (κ1) is 81.0. The van der Waals surface area contributed by atoms with Crippen LogP contribution in [0.1, 0.15) is 326 Å². The van der Waals surface area contributed by atoms with Crippen LogP contribution in [-0.2, 0) is 0 Å². The standard InChI is InChI=1S/C85H131N5O7/c1-8-15-22-25-28-31-34-37-40-43-60-95-80-63-70(64-81(96-61-44-41-38-35-32-29-26-23-16-9-2)82(80)97-62-45-42-39-36-33-30-27-24-17-10-3)49-53-73-66-79(94-59-21-14-7)75(68-77(73)92-57-19-12-5)55-54-74-67-76(91-56-18-11-4)72(65-78(74)93-58-20-13-6)52-48-69-46-50-71(51-47-69)83-88-84(86)90-85(87)89-83/h46-55,63-68H,8-45,56-62H2,1-7H3,(H4,86,87,88,89,90)/b52-48+,53-49+,55-54+. The molecule has 0 aliphatic heterocycles. The van der Waals surface area contributed by atoms with Crippen molar-refractivity contribution >= 4 is 48.4 Å². The third-order valence-electron chi connectivity index (χ3n) is 17.8. The van der Waals surface area contributed by atoms with Crippen LogP contribution in [0.3, 0.4) is 0 Å². The molecule has 97 heavy (non-hydrogen) atoms. The van der Waals surface area contributed by atoms with Crippen LogP contribution in [-0.4, -0.2) is 61.2 Å². The lowest BCUT2D eigenvalue weighted by Crippen LogP contribution is -2.07. The third-order valence-corrected chi connectivity index (χ3v) is 17.8. The summed E-state index contributed by atoms with van der Waals surface area (Å²) in [5, 5.41) is 0. The van der Waals surface area contributed by atoms with Crippen LogP contribution in [0.2, 0.25) is 0 Å². The van der Waals surface area contributed by atoms with Gasteiger partial charge in [0.25, 0.3) is 0 Å². The number of hydrogen-bond donors (Lipinski definition) is 2. The van der Waals surface area contributed by atoms with E-state index in [1.807, 2.05) is 24.3 Å². The first-order valence-electron chi connectivity index (χ1n) is 39.1. The van der Waals surface area contributed by atoms with Crippen molar-refractivity contribution < 1.29 is 33.2 Å². The van der Waals surface area contributed by atoms with Crippen LogP contribution in [0.5, 0.6) is 40.2 Å². The molecule has 12 heteroatoms. The second-order valence-electron chi connectivity index (χ2n) is 26.6. The molecule has 0 radical (unpaired) electrons. The van der Waals surface area contributed by atoms with E-state index in [9.17, 15) is 0 Å². The van der Waals surface area contributed by atoms with Gasteiger partial charge in [0.05, 0.1) is 46.2 Å². The van der Waals surface area contributed by atoms with E-state index in [4.69, 9.17) is 44.6 Å². The number of nitrogen functional groups attached to an aromatic ring is 2. The second-order valence-corrected chi connectivity index (χ2v) is 26.6. The summed E-state index contributed by atoms with van der Waals surface area (Å²) >= 11 is 0. The van der Waals surface area contributed by atoms with Gasteiger partial charge in [0.2, 0.25) is 17.6 Å². The molecule has 0 aliphatic rings. The van der Waals surface area contributed by atoms with Crippen molar-refractivity contribution in [3.8, 4) is 51.6 Å². The fraction of sp³-hybridized carbons (Fsp3) is 0.612. The first-order valence-corrected chi connectivity index (χ1v) is 39.1. The summed E-state index contributed by atoms with van der Waals surface area (Å²) in [6.07, 6.45) is 58.8. The van der Waals surface area contributed by atoms with E-state index in [1.54, 1.807) is 0 Å². The number of rotatable bonds is 59. The van der Waals surface area contributed by atoms with Gasteiger partial charge < -0.3 is 44.6 Å². The number of anilines is 2. The molecular formula is C85H131N5O7. The van der Waals surface area contributed by atoms with Gasteiger partial charge >= 0.3 is 0 Å². The lowest BCUT2D eigenvalue weighted by Gasteiger charge is -2.19. The molecule has 0 fully saturated rings. The van der Waals surface area contributed by atoms with Gasteiger partial charge in [-0.25, -0.2) is 0 Å². The summed E-state index contributed by atoms with van der Waals surface area (Å²) in [5.74, 6) is 5.97. The van der Waals surface area contributed by atoms with Crippen molar-refractivity contribution in [2.45, 2.75) is 292 Å². The zero-order valence-electron chi connectivity index (χ0n) is 61.9. The largest absolute Gasteiger partial charge is 0.493 e.